The molecule has 0 radical (unpaired) electrons. The highest BCUT2D eigenvalue weighted by Crippen LogP contribution is 2.29. The van der Waals surface area contributed by atoms with Crippen LogP contribution in [-0.4, -0.2) is 20.2 Å². The fourth-order valence-corrected chi connectivity index (χ4v) is 2.41. The van der Waals surface area contributed by atoms with Crippen molar-refractivity contribution in [3.63, 3.8) is 0 Å². The molecule has 5 heteroatoms. The second-order valence-corrected chi connectivity index (χ2v) is 4.80. The van der Waals surface area contributed by atoms with Crippen molar-refractivity contribution in [2.24, 2.45) is 11.8 Å². The number of nitrogens with zero attached hydrogens (tertiary/aromatic N) is 4. The Hall–Kier alpha value is -0.640. The van der Waals surface area contributed by atoms with Crippen LogP contribution >= 0.6 is 11.6 Å². The molecule has 15 heavy (non-hydrogen) atoms. The molecule has 0 unspecified atom stereocenters. The van der Waals surface area contributed by atoms with E-state index in [4.69, 9.17) is 11.6 Å². The lowest BCUT2D eigenvalue weighted by Crippen LogP contribution is -2.19. The third-order valence-corrected chi connectivity index (χ3v) is 3.53. The topological polar surface area (TPSA) is 43.6 Å². The summed E-state index contributed by atoms with van der Waals surface area (Å²) >= 11 is 5.75. The van der Waals surface area contributed by atoms with E-state index >= 15 is 0 Å². The molecule has 2 rings (SSSR count). The summed E-state index contributed by atoms with van der Waals surface area (Å²) < 4.78 is 1.85. The van der Waals surface area contributed by atoms with Crippen LogP contribution in [0.3, 0.4) is 0 Å². The lowest BCUT2D eigenvalue weighted by Gasteiger charge is -2.25. The minimum Gasteiger partial charge on any atom is -0.228 e. The van der Waals surface area contributed by atoms with E-state index in [0.717, 1.165) is 24.2 Å². The molecule has 1 aromatic heterocycles. The van der Waals surface area contributed by atoms with Crippen LogP contribution in [0.4, 0.5) is 0 Å². The van der Waals surface area contributed by atoms with E-state index in [1.54, 1.807) is 0 Å². The molecule has 0 amide bonds. The van der Waals surface area contributed by atoms with E-state index in [1.165, 1.54) is 25.7 Å². The van der Waals surface area contributed by atoms with E-state index in [1.807, 2.05) is 4.68 Å². The first-order valence-electron chi connectivity index (χ1n) is 5.60. The number of hydrogen-bond donors (Lipinski definition) is 0. The second kappa shape index (κ2) is 4.92. The van der Waals surface area contributed by atoms with Gasteiger partial charge in [0.05, 0.1) is 5.88 Å². The normalized spacial score (nSPS) is 26.8. The van der Waals surface area contributed by atoms with E-state index < -0.39 is 0 Å². The summed E-state index contributed by atoms with van der Waals surface area (Å²) in [5, 5.41) is 11.5. The van der Waals surface area contributed by atoms with Crippen LogP contribution in [0.1, 0.15) is 38.4 Å². The van der Waals surface area contributed by atoms with Gasteiger partial charge >= 0.3 is 0 Å². The average molecular weight is 229 g/mol. The molecule has 1 aliphatic rings. The molecule has 1 aliphatic carbocycles. The van der Waals surface area contributed by atoms with E-state index in [-0.39, 0.29) is 0 Å². The molecular formula is C10H17ClN4. The van der Waals surface area contributed by atoms with Gasteiger partial charge < -0.3 is 0 Å². The Kier molecular flexibility index (Phi) is 3.57. The SMILES string of the molecule is CC1CCC(Cn2nnnc2CCl)CC1. The molecule has 1 saturated carbocycles. The Labute approximate surface area is 95.0 Å². The van der Waals surface area contributed by atoms with Crippen LogP contribution in [-0.2, 0) is 12.4 Å². The van der Waals surface area contributed by atoms with Gasteiger partial charge in [-0.2, -0.15) is 0 Å². The lowest BCUT2D eigenvalue weighted by atomic mass is 9.83. The number of alkyl halides is 1. The Bertz CT molecular complexity index is 304. The summed E-state index contributed by atoms with van der Waals surface area (Å²) in [7, 11) is 0. The highest BCUT2D eigenvalue weighted by Gasteiger charge is 2.19. The summed E-state index contributed by atoms with van der Waals surface area (Å²) in [6, 6.07) is 0. The molecular weight excluding hydrogens is 212 g/mol. The van der Waals surface area contributed by atoms with E-state index in [0.29, 0.717) is 5.88 Å². The zero-order chi connectivity index (χ0) is 10.7. The zero-order valence-corrected chi connectivity index (χ0v) is 9.82. The third-order valence-electron chi connectivity index (χ3n) is 3.29. The maximum atomic E-state index is 5.75. The van der Waals surface area contributed by atoms with Gasteiger partial charge in [0.1, 0.15) is 0 Å². The van der Waals surface area contributed by atoms with Gasteiger partial charge in [0.25, 0.3) is 0 Å². The largest absolute Gasteiger partial charge is 0.228 e. The van der Waals surface area contributed by atoms with Crippen LogP contribution in [0.5, 0.6) is 0 Å². The van der Waals surface area contributed by atoms with Crippen molar-refractivity contribution in [1.29, 1.82) is 0 Å². The first-order valence-corrected chi connectivity index (χ1v) is 6.14. The van der Waals surface area contributed by atoms with Crippen LogP contribution in [0.2, 0.25) is 0 Å². The Morgan fingerprint density at radius 2 is 2.07 bits per heavy atom. The predicted molar refractivity (Wildman–Crippen MR) is 58.5 cm³/mol. The monoisotopic (exact) mass is 228 g/mol. The number of rotatable bonds is 3. The first kappa shape index (κ1) is 10.9. The molecule has 0 spiro atoms. The maximum Gasteiger partial charge on any atom is 0.166 e. The Morgan fingerprint density at radius 1 is 1.33 bits per heavy atom. The highest BCUT2D eigenvalue weighted by atomic mass is 35.5. The quantitative estimate of drug-likeness (QED) is 0.746. The average Bonchev–Trinajstić information content (AvgIpc) is 2.69. The Balaban J connectivity index is 1.91. The summed E-state index contributed by atoms with van der Waals surface area (Å²) in [4.78, 5) is 0. The molecule has 0 N–H and O–H groups in total. The standard InChI is InChI=1S/C10H17ClN4/c1-8-2-4-9(5-3-8)7-15-10(6-11)12-13-14-15/h8-9H,2-7H2,1H3. The van der Waals surface area contributed by atoms with Gasteiger partial charge in [0.2, 0.25) is 0 Å². The number of tetrazole rings is 1. The fraction of sp³-hybridized carbons (Fsp3) is 0.900. The van der Waals surface area contributed by atoms with Crippen molar-refractivity contribution >= 4 is 11.6 Å². The van der Waals surface area contributed by atoms with Crippen molar-refractivity contribution in [2.75, 3.05) is 0 Å². The summed E-state index contributed by atoms with van der Waals surface area (Å²) in [5.74, 6) is 2.81. The smallest absolute Gasteiger partial charge is 0.166 e. The highest BCUT2D eigenvalue weighted by molar-refractivity contribution is 6.16. The van der Waals surface area contributed by atoms with Crippen molar-refractivity contribution in [2.45, 2.75) is 45.0 Å². The van der Waals surface area contributed by atoms with Crippen LogP contribution in [0.15, 0.2) is 0 Å². The van der Waals surface area contributed by atoms with Gasteiger partial charge in [-0.25, -0.2) is 4.68 Å². The third kappa shape index (κ3) is 2.68. The van der Waals surface area contributed by atoms with E-state index in [9.17, 15) is 0 Å². The molecule has 0 atom stereocenters. The van der Waals surface area contributed by atoms with Crippen molar-refractivity contribution in [3.05, 3.63) is 5.82 Å². The van der Waals surface area contributed by atoms with Crippen molar-refractivity contribution in [1.82, 2.24) is 20.2 Å². The minimum atomic E-state index is 0.399. The molecule has 0 bridgehead atoms. The maximum absolute atomic E-state index is 5.75. The molecule has 1 fully saturated rings. The van der Waals surface area contributed by atoms with Gasteiger partial charge in [-0.15, -0.1) is 16.7 Å². The van der Waals surface area contributed by atoms with Crippen molar-refractivity contribution in [3.8, 4) is 0 Å². The van der Waals surface area contributed by atoms with Gasteiger partial charge in [0, 0.05) is 6.54 Å². The Morgan fingerprint density at radius 3 is 2.73 bits per heavy atom. The van der Waals surface area contributed by atoms with Gasteiger partial charge in [-0.1, -0.05) is 19.8 Å². The second-order valence-electron chi connectivity index (χ2n) is 4.54. The van der Waals surface area contributed by atoms with Crippen LogP contribution in [0.25, 0.3) is 0 Å². The molecule has 4 nitrogen and oxygen atoms in total. The fourth-order valence-electron chi connectivity index (χ4n) is 2.22. The lowest BCUT2D eigenvalue weighted by molar-refractivity contribution is 0.254. The van der Waals surface area contributed by atoms with Gasteiger partial charge in [-0.05, 0) is 35.1 Å². The molecule has 1 heterocycles. The van der Waals surface area contributed by atoms with Gasteiger partial charge in [-0.3, -0.25) is 0 Å². The zero-order valence-electron chi connectivity index (χ0n) is 9.06. The van der Waals surface area contributed by atoms with Crippen LogP contribution in [0, 0.1) is 11.8 Å². The molecule has 0 saturated heterocycles. The molecule has 0 aliphatic heterocycles. The molecule has 0 aromatic carbocycles. The van der Waals surface area contributed by atoms with Crippen LogP contribution < -0.4 is 0 Å². The summed E-state index contributed by atoms with van der Waals surface area (Å²) in [5.41, 5.74) is 0. The predicted octanol–water partition coefficient (Wildman–Crippen LogP) is 2.24. The minimum absolute atomic E-state index is 0.399. The number of halogens is 1. The number of hydrogen-bond acceptors (Lipinski definition) is 3. The molecule has 84 valence electrons. The van der Waals surface area contributed by atoms with E-state index in [2.05, 4.69) is 22.4 Å². The first-order chi connectivity index (χ1) is 7.29. The van der Waals surface area contributed by atoms with Gasteiger partial charge in [0.15, 0.2) is 5.82 Å². The molecule has 1 aromatic rings. The number of aromatic nitrogens is 4. The van der Waals surface area contributed by atoms with Crippen molar-refractivity contribution < 1.29 is 0 Å². The summed E-state index contributed by atoms with van der Waals surface area (Å²) in [6.45, 7) is 3.26. The summed E-state index contributed by atoms with van der Waals surface area (Å²) in [6.07, 6.45) is 5.26.